The zero-order valence-electron chi connectivity index (χ0n) is 14.7. The minimum Gasteiger partial charge on any atom is -0.462 e. The molecule has 0 spiro atoms. The number of nitrogens with zero attached hydrogens (tertiary/aromatic N) is 1. The molecule has 5 nitrogen and oxygen atoms in total. The van der Waals surface area contributed by atoms with E-state index < -0.39 is 5.97 Å². The van der Waals surface area contributed by atoms with Crippen molar-refractivity contribution in [2.45, 2.75) is 31.6 Å². The summed E-state index contributed by atoms with van der Waals surface area (Å²) in [4.78, 5) is 25.6. The second-order valence-electron chi connectivity index (χ2n) is 5.41. The third-order valence-corrected chi connectivity index (χ3v) is 5.82. The maximum Gasteiger partial charge on any atom is 0.348 e. The lowest BCUT2D eigenvalue weighted by Crippen LogP contribution is -2.11. The van der Waals surface area contributed by atoms with E-state index in [9.17, 15) is 14.9 Å². The zero-order valence-corrected chi connectivity index (χ0v) is 16.3. The SMILES string of the molecule is CCOC(=O)c1sc(NC(=O)CCCSc2ccccc2)c(C#N)c1C. The maximum atomic E-state index is 12.2. The fourth-order valence-corrected chi connectivity index (χ4v) is 4.20. The molecular weight excluding hydrogens is 368 g/mol. The molecule has 0 bridgehead atoms. The van der Waals surface area contributed by atoms with Crippen molar-refractivity contribution < 1.29 is 14.3 Å². The van der Waals surface area contributed by atoms with Gasteiger partial charge in [-0.15, -0.1) is 23.1 Å². The fourth-order valence-electron chi connectivity index (χ4n) is 2.26. The molecule has 1 amide bonds. The number of anilines is 1. The summed E-state index contributed by atoms with van der Waals surface area (Å²) in [6.07, 6.45) is 1.08. The molecule has 26 heavy (non-hydrogen) atoms. The van der Waals surface area contributed by atoms with Crippen molar-refractivity contribution in [2.75, 3.05) is 17.7 Å². The number of amides is 1. The number of ether oxygens (including phenoxy) is 1. The van der Waals surface area contributed by atoms with E-state index in [-0.39, 0.29) is 12.5 Å². The average molecular weight is 389 g/mol. The Morgan fingerprint density at radius 2 is 2.04 bits per heavy atom. The Bertz CT molecular complexity index is 810. The number of carbonyl (C=O) groups is 2. The second kappa shape index (κ2) is 10.00. The Morgan fingerprint density at radius 3 is 2.69 bits per heavy atom. The van der Waals surface area contributed by atoms with Gasteiger partial charge in [0.1, 0.15) is 15.9 Å². The molecule has 2 rings (SSSR count). The molecule has 0 saturated heterocycles. The van der Waals surface area contributed by atoms with Crippen LogP contribution in [0.1, 0.15) is 40.6 Å². The van der Waals surface area contributed by atoms with Crippen molar-refractivity contribution in [3.63, 3.8) is 0 Å². The van der Waals surface area contributed by atoms with Crippen molar-refractivity contribution in [3.8, 4) is 6.07 Å². The third-order valence-electron chi connectivity index (χ3n) is 3.53. The van der Waals surface area contributed by atoms with E-state index in [1.54, 1.807) is 25.6 Å². The number of thiophene rings is 1. The van der Waals surface area contributed by atoms with Crippen LogP contribution in [0.2, 0.25) is 0 Å². The number of rotatable bonds is 8. The average Bonchev–Trinajstić information content (AvgIpc) is 2.95. The zero-order chi connectivity index (χ0) is 18.9. The summed E-state index contributed by atoms with van der Waals surface area (Å²) in [7, 11) is 0. The highest BCUT2D eigenvalue weighted by atomic mass is 32.2. The molecule has 0 radical (unpaired) electrons. The first-order valence-corrected chi connectivity index (χ1v) is 10.0. The van der Waals surface area contributed by atoms with Gasteiger partial charge in [-0.3, -0.25) is 4.79 Å². The Morgan fingerprint density at radius 1 is 1.31 bits per heavy atom. The van der Waals surface area contributed by atoms with Crippen LogP contribution < -0.4 is 5.32 Å². The van der Waals surface area contributed by atoms with Gasteiger partial charge in [0.25, 0.3) is 0 Å². The van der Waals surface area contributed by atoms with Crippen LogP contribution in [0.25, 0.3) is 0 Å². The van der Waals surface area contributed by atoms with Crippen molar-refractivity contribution in [2.24, 2.45) is 0 Å². The molecule has 1 aromatic heterocycles. The van der Waals surface area contributed by atoms with Crippen LogP contribution in [0.3, 0.4) is 0 Å². The van der Waals surface area contributed by atoms with E-state index in [0.29, 0.717) is 27.4 Å². The third kappa shape index (κ3) is 5.35. The van der Waals surface area contributed by atoms with Gasteiger partial charge in [-0.25, -0.2) is 4.79 Å². The highest BCUT2D eigenvalue weighted by Crippen LogP contribution is 2.33. The first-order valence-electron chi connectivity index (χ1n) is 8.25. The van der Waals surface area contributed by atoms with Crippen molar-refractivity contribution in [3.05, 3.63) is 46.3 Å². The summed E-state index contributed by atoms with van der Waals surface area (Å²) in [5.74, 6) is 0.207. The minimum atomic E-state index is -0.466. The molecule has 2 aromatic rings. The quantitative estimate of drug-likeness (QED) is 0.406. The van der Waals surface area contributed by atoms with Crippen LogP contribution in [0, 0.1) is 18.3 Å². The van der Waals surface area contributed by atoms with Crippen molar-refractivity contribution in [1.29, 1.82) is 5.26 Å². The molecule has 0 aliphatic heterocycles. The van der Waals surface area contributed by atoms with Gasteiger partial charge in [-0.2, -0.15) is 5.26 Å². The monoisotopic (exact) mass is 388 g/mol. The molecule has 1 heterocycles. The van der Waals surface area contributed by atoms with Gasteiger partial charge in [-0.1, -0.05) is 18.2 Å². The van der Waals surface area contributed by atoms with Crippen LogP contribution in [0.15, 0.2) is 35.2 Å². The number of thioether (sulfide) groups is 1. The lowest BCUT2D eigenvalue weighted by Gasteiger charge is -2.04. The van der Waals surface area contributed by atoms with Crippen molar-refractivity contribution in [1.82, 2.24) is 0 Å². The number of hydrogen-bond donors (Lipinski definition) is 1. The normalized spacial score (nSPS) is 10.2. The van der Waals surface area contributed by atoms with E-state index in [0.717, 1.165) is 23.5 Å². The van der Waals surface area contributed by atoms with Crippen LogP contribution in [-0.4, -0.2) is 24.2 Å². The highest BCUT2D eigenvalue weighted by Gasteiger charge is 2.22. The predicted octanol–water partition coefficient (Wildman–Crippen LogP) is 4.62. The lowest BCUT2D eigenvalue weighted by molar-refractivity contribution is -0.116. The summed E-state index contributed by atoms with van der Waals surface area (Å²) in [5, 5.41) is 12.5. The number of hydrogen-bond acceptors (Lipinski definition) is 6. The lowest BCUT2D eigenvalue weighted by atomic mass is 10.1. The molecule has 0 aliphatic rings. The summed E-state index contributed by atoms with van der Waals surface area (Å²) < 4.78 is 4.99. The van der Waals surface area contributed by atoms with Crippen LogP contribution >= 0.6 is 23.1 Å². The first-order chi connectivity index (χ1) is 12.6. The second-order valence-corrected chi connectivity index (χ2v) is 7.59. The van der Waals surface area contributed by atoms with E-state index in [4.69, 9.17) is 4.74 Å². The fraction of sp³-hybridized carbons (Fsp3) is 0.316. The number of esters is 1. The summed E-state index contributed by atoms with van der Waals surface area (Å²) in [6.45, 7) is 3.68. The van der Waals surface area contributed by atoms with E-state index in [1.807, 2.05) is 30.3 Å². The molecule has 136 valence electrons. The molecule has 0 aliphatic carbocycles. The first kappa shape index (κ1) is 20.0. The smallest absolute Gasteiger partial charge is 0.348 e. The largest absolute Gasteiger partial charge is 0.462 e. The standard InChI is InChI=1S/C19H20N2O3S2/c1-3-24-19(23)17-13(2)15(12-20)18(26-17)21-16(22)10-7-11-25-14-8-5-4-6-9-14/h4-6,8-9H,3,7,10-11H2,1-2H3,(H,21,22). The number of nitriles is 1. The van der Waals surface area contributed by atoms with E-state index >= 15 is 0 Å². The molecule has 0 atom stereocenters. The van der Waals surface area contributed by atoms with Gasteiger partial charge in [0, 0.05) is 11.3 Å². The minimum absolute atomic E-state index is 0.160. The van der Waals surface area contributed by atoms with Gasteiger partial charge in [0.2, 0.25) is 5.91 Å². The molecule has 0 saturated carbocycles. The molecule has 0 fully saturated rings. The Labute approximate surface area is 161 Å². The molecular formula is C19H20N2O3S2. The molecule has 7 heteroatoms. The Hall–Kier alpha value is -2.30. The van der Waals surface area contributed by atoms with E-state index in [2.05, 4.69) is 11.4 Å². The van der Waals surface area contributed by atoms with Crippen LogP contribution in [-0.2, 0) is 9.53 Å². The van der Waals surface area contributed by atoms with Gasteiger partial charge in [0.05, 0.1) is 12.2 Å². The number of nitrogens with one attached hydrogen (secondary N) is 1. The molecule has 1 N–H and O–H groups in total. The van der Waals surface area contributed by atoms with Gasteiger partial charge in [0.15, 0.2) is 0 Å². The Kier molecular flexibility index (Phi) is 7.70. The molecule has 1 aromatic carbocycles. The summed E-state index contributed by atoms with van der Waals surface area (Å²) in [6, 6.07) is 12.1. The predicted molar refractivity (Wildman–Crippen MR) is 105 cm³/mol. The maximum absolute atomic E-state index is 12.2. The summed E-state index contributed by atoms with van der Waals surface area (Å²) >= 11 is 2.79. The molecule has 0 unspecified atom stereocenters. The Balaban J connectivity index is 1.91. The summed E-state index contributed by atoms with van der Waals surface area (Å²) in [5.41, 5.74) is 0.871. The number of benzene rings is 1. The number of carbonyl (C=O) groups excluding carboxylic acids is 2. The topological polar surface area (TPSA) is 79.2 Å². The van der Waals surface area contributed by atoms with Gasteiger partial charge in [-0.05, 0) is 43.7 Å². The van der Waals surface area contributed by atoms with Crippen LogP contribution in [0.4, 0.5) is 5.00 Å². The highest BCUT2D eigenvalue weighted by molar-refractivity contribution is 7.99. The van der Waals surface area contributed by atoms with Gasteiger partial charge >= 0.3 is 5.97 Å². The van der Waals surface area contributed by atoms with Crippen molar-refractivity contribution >= 4 is 40.0 Å². The van der Waals surface area contributed by atoms with Crippen LogP contribution in [0.5, 0.6) is 0 Å². The van der Waals surface area contributed by atoms with E-state index in [1.165, 1.54) is 4.90 Å². The van der Waals surface area contributed by atoms with Gasteiger partial charge < -0.3 is 10.1 Å².